The zero-order valence-electron chi connectivity index (χ0n) is 13.4. The van der Waals surface area contributed by atoms with E-state index in [9.17, 15) is 14.0 Å². The summed E-state index contributed by atoms with van der Waals surface area (Å²) in [5.41, 5.74) is 0.891. The van der Waals surface area contributed by atoms with E-state index in [1.807, 2.05) is 0 Å². The van der Waals surface area contributed by atoms with Crippen molar-refractivity contribution in [1.29, 1.82) is 0 Å². The molecule has 0 bridgehead atoms. The van der Waals surface area contributed by atoms with Crippen molar-refractivity contribution in [3.8, 4) is 0 Å². The van der Waals surface area contributed by atoms with Crippen LogP contribution in [0.15, 0.2) is 48.0 Å². The molecule has 2 N–H and O–H groups in total. The minimum atomic E-state index is -1.17. The molecule has 0 fully saturated rings. The number of aromatic carboxylic acids is 1. The molecule has 0 aliphatic carbocycles. The van der Waals surface area contributed by atoms with E-state index in [1.54, 1.807) is 19.2 Å². The molecule has 0 saturated carbocycles. The summed E-state index contributed by atoms with van der Waals surface area (Å²) in [6.45, 7) is 0. The van der Waals surface area contributed by atoms with Crippen LogP contribution in [0.2, 0.25) is 0 Å². The van der Waals surface area contributed by atoms with Gasteiger partial charge in [0.15, 0.2) is 5.78 Å². The van der Waals surface area contributed by atoms with Crippen LogP contribution < -0.4 is 0 Å². The van der Waals surface area contributed by atoms with Gasteiger partial charge in [-0.05, 0) is 23.8 Å². The summed E-state index contributed by atoms with van der Waals surface area (Å²) in [5, 5.41) is 10.4. The molecule has 1 aromatic carbocycles. The van der Waals surface area contributed by atoms with E-state index in [4.69, 9.17) is 14.7 Å². The molecule has 25 heavy (non-hydrogen) atoms. The molecule has 1 aliphatic rings. The molecule has 2 heterocycles. The lowest BCUT2D eigenvalue weighted by Gasteiger charge is -2.19. The SMILES string of the molecule is COC1=C(C(=O)c2c[nH]c(C(=O)O)c2)C(c2ccc(F)cc2)N(C)O1. The van der Waals surface area contributed by atoms with Crippen LogP contribution in [-0.4, -0.2) is 41.1 Å². The number of methoxy groups -OCH3 is 1. The topological polar surface area (TPSA) is 91.9 Å². The van der Waals surface area contributed by atoms with E-state index in [-0.39, 0.29) is 22.8 Å². The quantitative estimate of drug-likeness (QED) is 0.808. The van der Waals surface area contributed by atoms with Gasteiger partial charge < -0.3 is 19.7 Å². The normalized spacial score (nSPS) is 17.5. The summed E-state index contributed by atoms with van der Waals surface area (Å²) in [7, 11) is 2.98. The van der Waals surface area contributed by atoms with E-state index < -0.39 is 23.6 Å². The van der Waals surface area contributed by atoms with Gasteiger partial charge in [-0.1, -0.05) is 12.1 Å². The van der Waals surface area contributed by atoms with Gasteiger partial charge in [-0.25, -0.2) is 9.18 Å². The molecular formula is C17H15FN2O5. The van der Waals surface area contributed by atoms with E-state index in [0.717, 1.165) is 0 Å². The predicted octanol–water partition coefficient (Wildman–Crippen LogP) is 2.51. The zero-order valence-corrected chi connectivity index (χ0v) is 13.4. The van der Waals surface area contributed by atoms with Crippen LogP contribution in [0.4, 0.5) is 4.39 Å². The number of aromatic nitrogens is 1. The van der Waals surface area contributed by atoms with Crippen LogP contribution in [-0.2, 0) is 9.57 Å². The van der Waals surface area contributed by atoms with Crippen LogP contribution in [0.25, 0.3) is 0 Å². The average Bonchev–Trinajstić information content (AvgIpc) is 3.20. The summed E-state index contributed by atoms with van der Waals surface area (Å²) < 4.78 is 18.4. The zero-order chi connectivity index (χ0) is 18.1. The first-order chi connectivity index (χ1) is 11.9. The third kappa shape index (κ3) is 2.99. The maximum atomic E-state index is 13.2. The first-order valence-corrected chi connectivity index (χ1v) is 7.33. The van der Waals surface area contributed by atoms with Gasteiger partial charge in [-0.2, -0.15) is 0 Å². The Kier molecular flexibility index (Phi) is 4.28. The maximum Gasteiger partial charge on any atom is 0.352 e. The van der Waals surface area contributed by atoms with Crippen molar-refractivity contribution >= 4 is 11.8 Å². The van der Waals surface area contributed by atoms with Crippen molar-refractivity contribution in [2.45, 2.75) is 6.04 Å². The van der Waals surface area contributed by atoms with E-state index in [0.29, 0.717) is 5.56 Å². The maximum absolute atomic E-state index is 13.2. The number of benzene rings is 1. The molecule has 0 amide bonds. The Hall–Kier alpha value is -3.13. The minimum absolute atomic E-state index is 0.0138. The van der Waals surface area contributed by atoms with Gasteiger partial charge >= 0.3 is 11.9 Å². The van der Waals surface area contributed by atoms with Gasteiger partial charge in [-0.15, -0.1) is 5.06 Å². The summed E-state index contributed by atoms with van der Waals surface area (Å²) in [6.07, 6.45) is 1.31. The number of rotatable bonds is 5. The molecule has 8 heteroatoms. The fourth-order valence-corrected chi connectivity index (χ4v) is 2.72. The number of ketones is 1. The second-order valence-corrected chi connectivity index (χ2v) is 5.43. The molecule has 0 spiro atoms. The Labute approximate surface area is 142 Å². The van der Waals surface area contributed by atoms with Gasteiger partial charge in [0.25, 0.3) is 0 Å². The van der Waals surface area contributed by atoms with E-state index >= 15 is 0 Å². The van der Waals surface area contributed by atoms with E-state index in [1.165, 1.54) is 36.6 Å². The number of hydrogen-bond donors (Lipinski definition) is 2. The van der Waals surface area contributed by atoms with Crippen LogP contribution in [0.5, 0.6) is 0 Å². The standard InChI is InChI=1S/C17H15FN2O5/c1-20-14(9-3-5-11(18)6-4-9)13(17(24-2)25-20)15(21)10-7-12(16(22)23)19-8-10/h3-8,14,19H,1-2H3,(H,22,23). The number of halogens is 1. The fraction of sp³-hybridized carbons (Fsp3) is 0.176. The molecule has 1 aliphatic heterocycles. The lowest BCUT2D eigenvalue weighted by Crippen LogP contribution is -2.22. The van der Waals surface area contributed by atoms with Gasteiger partial charge in [0.1, 0.15) is 23.1 Å². The second kappa shape index (κ2) is 6.40. The minimum Gasteiger partial charge on any atom is -0.477 e. The van der Waals surface area contributed by atoms with Crippen molar-refractivity contribution in [3.05, 3.63) is 70.7 Å². The van der Waals surface area contributed by atoms with Crippen LogP contribution in [0, 0.1) is 5.82 Å². The number of carbonyl (C=O) groups excluding carboxylic acids is 1. The number of carboxylic acid groups (broad SMARTS) is 1. The Bertz CT molecular complexity index is 856. The summed E-state index contributed by atoms with van der Waals surface area (Å²) in [6, 6.07) is 6.29. The third-order valence-corrected chi connectivity index (χ3v) is 3.88. The average molecular weight is 346 g/mol. The summed E-state index contributed by atoms with van der Waals surface area (Å²) in [5.74, 6) is -2.00. The molecule has 1 aromatic heterocycles. The number of nitrogens with one attached hydrogen (secondary N) is 1. The Morgan fingerprint density at radius 2 is 2.00 bits per heavy atom. The summed E-state index contributed by atoms with van der Waals surface area (Å²) >= 11 is 0. The molecule has 0 radical (unpaired) electrons. The first-order valence-electron chi connectivity index (χ1n) is 7.33. The van der Waals surface area contributed by atoms with Crippen molar-refractivity contribution in [2.75, 3.05) is 14.2 Å². The smallest absolute Gasteiger partial charge is 0.352 e. The Morgan fingerprint density at radius 1 is 1.32 bits per heavy atom. The molecule has 3 rings (SSSR count). The number of H-pyrrole nitrogens is 1. The van der Waals surface area contributed by atoms with Crippen LogP contribution in [0.3, 0.4) is 0 Å². The number of hydroxylamine groups is 2. The lowest BCUT2D eigenvalue weighted by atomic mass is 9.94. The third-order valence-electron chi connectivity index (χ3n) is 3.88. The highest BCUT2D eigenvalue weighted by Gasteiger charge is 2.40. The number of nitrogens with zero attached hydrogens (tertiary/aromatic N) is 1. The molecule has 130 valence electrons. The van der Waals surface area contributed by atoms with Crippen molar-refractivity contribution < 1.29 is 28.7 Å². The lowest BCUT2D eigenvalue weighted by molar-refractivity contribution is -0.137. The number of aromatic amines is 1. The van der Waals surface area contributed by atoms with Crippen LogP contribution >= 0.6 is 0 Å². The number of hydrogen-bond acceptors (Lipinski definition) is 5. The number of carboxylic acids is 1. The second-order valence-electron chi connectivity index (χ2n) is 5.43. The van der Waals surface area contributed by atoms with Crippen molar-refractivity contribution in [1.82, 2.24) is 10.0 Å². The first kappa shape index (κ1) is 16.7. The fourth-order valence-electron chi connectivity index (χ4n) is 2.72. The molecule has 1 atom stereocenters. The number of carbonyl (C=O) groups is 2. The number of likely N-dealkylation sites (N-methyl/N-ethyl adjacent to an activating group) is 1. The van der Waals surface area contributed by atoms with Gasteiger partial charge in [-0.3, -0.25) is 4.79 Å². The molecule has 7 nitrogen and oxygen atoms in total. The Balaban J connectivity index is 2.03. The number of Topliss-reactive ketones (excluding diaryl/α,β-unsaturated/α-hetero) is 1. The molecular weight excluding hydrogens is 331 g/mol. The van der Waals surface area contributed by atoms with Gasteiger partial charge in [0.05, 0.1) is 7.11 Å². The molecule has 0 saturated heterocycles. The van der Waals surface area contributed by atoms with Crippen molar-refractivity contribution in [3.63, 3.8) is 0 Å². The largest absolute Gasteiger partial charge is 0.477 e. The highest BCUT2D eigenvalue weighted by molar-refractivity contribution is 6.10. The monoisotopic (exact) mass is 346 g/mol. The van der Waals surface area contributed by atoms with E-state index in [2.05, 4.69) is 4.98 Å². The Morgan fingerprint density at radius 3 is 2.56 bits per heavy atom. The summed E-state index contributed by atoms with van der Waals surface area (Å²) in [4.78, 5) is 31.9. The molecule has 2 aromatic rings. The number of ether oxygens (including phenoxy) is 1. The van der Waals surface area contributed by atoms with Crippen LogP contribution in [0.1, 0.15) is 32.5 Å². The van der Waals surface area contributed by atoms with Gasteiger partial charge in [0.2, 0.25) is 0 Å². The molecule has 1 unspecified atom stereocenters. The predicted molar refractivity (Wildman–Crippen MR) is 84.1 cm³/mol. The highest BCUT2D eigenvalue weighted by Crippen LogP contribution is 2.39. The van der Waals surface area contributed by atoms with Gasteiger partial charge in [0, 0.05) is 18.8 Å². The van der Waals surface area contributed by atoms with Crippen molar-refractivity contribution in [2.24, 2.45) is 0 Å². The highest BCUT2D eigenvalue weighted by atomic mass is 19.1.